The quantitative estimate of drug-likeness (QED) is 0.491. The van der Waals surface area contributed by atoms with Gasteiger partial charge in [-0.15, -0.1) is 0 Å². The molecule has 3 aliphatic rings. The highest BCUT2D eigenvalue weighted by atomic mass is 16.7. The van der Waals surface area contributed by atoms with E-state index in [0.29, 0.717) is 16.8 Å². The standard InChI is InChI=1S/C20H19NO7/c22-9-16-17(24)18(25)19(26)20(28-16)27-15-7-10-3-1-2-4-13(10)21-14-6-5-11(23)8-12(14)15/h1-8,16-20,22,24-26H,9H2/t16-,17+,18+,19-,20?/m1/s1. The third kappa shape index (κ3) is 3.32. The predicted octanol–water partition coefficient (Wildman–Crippen LogP) is -0.122. The van der Waals surface area contributed by atoms with Crippen LogP contribution in [0, 0.1) is 0 Å². The van der Waals surface area contributed by atoms with E-state index in [1.807, 2.05) is 24.3 Å². The molecule has 1 unspecified atom stereocenters. The van der Waals surface area contributed by atoms with Crippen LogP contribution in [0.1, 0.15) is 0 Å². The Bertz CT molecular complexity index is 1020. The van der Waals surface area contributed by atoms with E-state index in [2.05, 4.69) is 4.98 Å². The zero-order chi connectivity index (χ0) is 19.8. The number of aliphatic hydroxyl groups is 4. The molecule has 8 heteroatoms. The van der Waals surface area contributed by atoms with Gasteiger partial charge in [-0.2, -0.15) is 0 Å². The summed E-state index contributed by atoms with van der Waals surface area (Å²) in [6, 6.07) is 13.3. The minimum atomic E-state index is -1.57. The molecule has 0 bridgehead atoms. The summed E-state index contributed by atoms with van der Waals surface area (Å²) in [5.41, 5.74) is 1.33. The number of hydrogen-bond acceptors (Lipinski definition) is 8. The first kappa shape index (κ1) is 18.7. The van der Waals surface area contributed by atoms with Crippen LogP contribution in [0.25, 0.3) is 22.2 Å². The maximum atomic E-state index is 11.9. The van der Waals surface area contributed by atoms with Crippen molar-refractivity contribution in [3.63, 3.8) is 0 Å². The topological polar surface area (TPSA) is 129 Å². The van der Waals surface area contributed by atoms with Crippen molar-refractivity contribution in [1.82, 2.24) is 4.98 Å². The van der Waals surface area contributed by atoms with Gasteiger partial charge in [-0.3, -0.25) is 4.79 Å². The lowest BCUT2D eigenvalue weighted by molar-refractivity contribution is -0.277. The highest BCUT2D eigenvalue weighted by Crippen LogP contribution is 2.33. The Morgan fingerprint density at radius 2 is 1.79 bits per heavy atom. The third-order valence-corrected chi connectivity index (χ3v) is 4.79. The molecule has 1 aromatic rings. The lowest BCUT2D eigenvalue weighted by atomic mass is 9.99. The van der Waals surface area contributed by atoms with Gasteiger partial charge in [-0.1, -0.05) is 18.2 Å². The van der Waals surface area contributed by atoms with E-state index in [1.54, 1.807) is 12.1 Å². The second kappa shape index (κ2) is 7.42. The van der Waals surface area contributed by atoms with Gasteiger partial charge in [0, 0.05) is 10.9 Å². The van der Waals surface area contributed by atoms with Crippen LogP contribution in [0.15, 0.2) is 53.3 Å². The van der Waals surface area contributed by atoms with E-state index in [-0.39, 0.29) is 11.2 Å². The number of aliphatic hydroxyl groups excluding tert-OH is 4. The first-order chi connectivity index (χ1) is 13.5. The Morgan fingerprint density at radius 3 is 2.57 bits per heavy atom. The van der Waals surface area contributed by atoms with Crippen LogP contribution in [0.5, 0.6) is 5.75 Å². The van der Waals surface area contributed by atoms with Gasteiger partial charge in [0.25, 0.3) is 0 Å². The molecule has 0 saturated carbocycles. The smallest absolute Gasteiger partial charge is 0.229 e. The van der Waals surface area contributed by atoms with Crippen molar-refractivity contribution in [3.05, 3.63) is 58.8 Å². The molecule has 0 spiro atoms. The van der Waals surface area contributed by atoms with Crippen molar-refractivity contribution in [2.75, 3.05) is 6.61 Å². The predicted molar refractivity (Wildman–Crippen MR) is 99.0 cm³/mol. The highest BCUT2D eigenvalue weighted by molar-refractivity contribution is 5.84. The molecule has 1 fully saturated rings. The van der Waals surface area contributed by atoms with E-state index in [1.165, 1.54) is 12.1 Å². The maximum Gasteiger partial charge on any atom is 0.229 e. The molecule has 2 aliphatic heterocycles. The van der Waals surface area contributed by atoms with Crippen molar-refractivity contribution in [3.8, 4) is 17.0 Å². The van der Waals surface area contributed by atoms with Gasteiger partial charge < -0.3 is 29.9 Å². The van der Waals surface area contributed by atoms with Crippen molar-refractivity contribution in [2.45, 2.75) is 30.7 Å². The summed E-state index contributed by atoms with van der Waals surface area (Å²) >= 11 is 0. The van der Waals surface area contributed by atoms with Crippen LogP contribution in [0.3, 0.4) is 0 Å². The van der Waals surface area contributed by atoms with Gasteiger partial charge >= 0.3 is 0 Å². The molecule has 2 heterocycles. The summed E-state index contributed by atoms with van der Waals surface area (Å²) in [4.78, 5) is 16.5. The highest BCUT2D eigenvalue weighted by Gasteiger charge is 2.44. The van der Waals surface area contributed by atoms with Crippen LogP contribution in [-0.2, 0) is 4.74 Å². The summed E-state index contributed by atoms with van der Waals surface area (Å²) in [6.07, 6.45) is -7.08. The molecule has 8 nitrogen and oxygen atoms in total. The zero-order valence-corrected chi connectivity index (χ0v) is 14.7. The number of benzene rings is 2. The molecule has 0 radical (unpaired) electrons. The number of para-hydroxylation sites is 1. The van der Waals surface area contributed by atoms with E-state index >= 15 is 0 Å². The average Bonchev–Trinajstić information content (AvgIpc) is 2.84. The SMILES string of the molecule is O=c1ccc2nc3ccccc3cc(OC3O[C@H](CO)[C@H](O)[C@H](O)[C@H]3O)c-2c1. The number of fused-ring (bicyclic) bond motifs is 2. The third-order valence-electron chi connectivity index (χ3n) is 4.79. The van der Waals surface area contributed by atoms with E-state index in [0.717, 1.165) is 5.39 Å². The van der Waals surface area contributed by atoms with Crippen LogP contribution >= 0.6 is 0 Å². The zero-order valence-electron chi connectivity index (χ0n) is 14.7. The van der Waals surface area contributed by atoms with E-state index in [9.17, 15) is 25.2 Å². The molecule has 0 aromatic heterocycles. The summed E-state index contributed by atoms with van der Waals surface area (Å²) < 4.78 is 11.2. The molecular formula is C20H19NO7. The Balaban J connectivity index is 1.82. The van der Waals surface area contributed by atoms with Gasteiger partial charge in [0.15, 0.2) is 5.43 Å². The summed E-state index contributed by atoms with van der Waals surface area (Å²) in [7, 11) is 0. The molecule has 4 rings (SSSR count). The van der Waals surface area contributed by atoms with Gasteiger partial charge in [0.1, 0.15) is 30.2 Å². The fraction of sp³-hybridized carbons (Fsp3) is 0.300. The van der Waals surface area contributed by atoms with Gasteiger partial charge in [0.2, 0.25) is 6.29 Å². The first-order valence-electron chi connectivity index (χ1n) is 8.79. The largest absolute Gasteiger partial charge is 0.461 e. The van der Waals surface area contributed by atoms with Gasteiger partial charge in [0.05, 0.1) is 17.8 Å². The number of ether oxygens (including phenoxy) is 2. The molecule has 0 amide bonds. The van der Waals surface area contributed by atoms with Crippen molar-refractivity contribution < 1.29 is 29.9 Å². The monoisotopic (exact) mass is 385 g/mol. The number of nitrogens with zero attached hydrogens (tertiary/aromatic N) is 1. The summed E-state index contributed by atoms with van der Waals surface area (Å²) in [5.74, 6) is 0.214. The van der Waals surface area contributed by atoms with Crippen molar-refractivity contribution >= 4 is 10.9 Å². The maximum absolute atomic E-state index is 11.9. The molecular weight excluding hydrogens is 366 g/mol. The van der Waals surface area contributed by atoms with E-state index in [4.69, 9.17) is 9.47 Å². The van der Waals surface area contributed by atoms with Gasteiger partial charge in [-0.05, 0) is 30.3 Å². The van der Waals surface area contributed by atoms with Gasteiger partial charge in [-0.25, -0.2) is 4.98 Å². The average molecular weight is 385 g/mol. The number of rotatable bonds is 3. The molecule has 4 N–H and O–H groups in total. The first-order valence-corrected chi connectivity index (χ1v) is 8.79. The Morgan fingerprint density at radius 1 is 1.00 bits per heavy atom. The Hall–Kier alpha value is -2.62. The van der Waals surface area contributed by atoms with Crippen molar-refractivity contribution in [2.24, 2.45) is 0 Å². The molecule has 146 valence electrons. The lowest BCUT2D eigenvalue weighted by Gasteiger charge is -2.39. The molecule has 1 saturated heterocycles. The fourth-order valence-corrected chi connectivity index (χ4v) is 3.26. The van der Waals surface area contributed by atoms with Crippen molar-refractivity contribution in [1.29, 1.82) is 0 Å². The Kier molecular flexibility index (Phi) is 4.96. The second-order valence-electron chi connectivity index (χ2n) is 6.67. The van der Waals surface area contributed by atoms with Crippen LogP contribution in [0.2, 0.25) is 0 Å². The summed E-state index contributed by atoms with van der Waals surface area (Å²) in [5, 5.41) is 40.3. The minimum Gasteiger partial charge on any atom is -0.461 e. The summed E-state index contributed by atoms with van der Waals surface area (Å²) in [6.45, 7) is -0.566. The fourth-order valence-electron chi connectivity index (χ4n) is 3.26. The minimum absolute atomic E-state index is 0.214. The normalized spacial score (nSPS) is 27.8. The number of hydrogen-bond donors (Lipinski definition) is 4. The van der Waals surface area contributed by atoms with Crippen LogP contribution in [0.4, 0.5) is 0 Å². The molecule has 1 aromatic carbocycles. The lowest BCUT2D eigenvalue weighted by Crippen LogP contribution is -2.60. The molecule has 28 heavy (non-hydrogen) atoms. The van der Waals surface area contributed by atoms with Crippen LogP contribution in [-0.4, -0.2) is 62.7 Å². The molecule has 5 atom stereocenters. The Labute approximate surface area is 159 Å². The van der Waals surface area contributed by atoms with Crippen LogP contribution < -0.4 is 10.2 Å². The van der Waals surface area contributed by atoms with E-state index < -0.39 is 37.3 Å². The molecule has 1 aliphatic carbocycles. The second-order valence-corrected chi connectivity index (χ2v) is 6.67. The number of aromatic nitrogens is 1.